The van der Waals surface area contributed by atoms with Crippen molar-refractivity contribution in [2.75, 3.05) is 32.7 Å². The van der Waals surface area contributed by atoms with Crippen molar-refractivity contribution in [1.82, 2.24) is 14.4 Å². The van der Waals surface area contributed by atoms with E-state index in [0.29, 0.717) is 0 Å². The van der Waals surface area contributed by atoms with Crippen LogP contribution in [0.2, 0.25) is 0 Å². The molecule has 0 atom stereocenters. The Morgan fingerprint density at radius 2 is 1.83 bits per heavy atom. The molecule has 1 aliphatic heterocycles. The molecule has 0 saturated carbocycles. The number of hydrogen-bond acceptors (Lipinski definition) is 4. The number of likely N-dealkylation sites (N-methyl/N-ethyl adjacent to an activating group) is 1. The quantitative estimate of drug-likeness (QED) is 0.835. The summed E-state index contributed by atoms with van der Waals surface area (Å²) in [6.07, 6.45) is 1.49. The maximum atomic E-state index is 11.4. The predicted octanol–water partition coefficient (Wildman–Crippen LogP) is 0.228. The van der Waals surface area contributed by atoms with Gasteiger partial charge in [0.25, 0.3) is 0 Å². The van der Waals surface area contributed by atoms with Crippen LogP contribution in [-0.4, -0.2) is 52.2 Å². The highest BCUT2D eigenvalue weighted by Crippen LogP contribution is 2.09. The maximum absolute atomic E-state index is 11.4. The topological polar surface area (TPSA) is 48.7 Å². The van der Waals surface area contributed by atoms with Crippen LogP contribution in [-0.2, 0) is 13.6 Å². The number of pyridine rings is 1. The highest BCUT2D eigenvalue weighted by Gasteiger charge is 2.16. The summed E-state index contributed by atoms with van der Waals surface area (Å²) in [5.41, 5.74) is 0.651. The molecule has 0 aliphatic carbocycles. The first kappa shape index (κ1) is 13.1. The van der Waals surface area contributed by atoms with Crippen molar-refractivity contribution >= 4 is 0 Å². The van der Waals surface area contributed by atoms with E-state index in [1.165, 1.54) is 12.3 Å². The molecule has 2 rings (SSSR count). The second-order valence-electron chi connectivity index (χ2n) is 4.84. The highest BCUT2D eigenvalue weighted by molar-refractivity contribution is 5.20. The fraction of sp³-hybridized carbons (Fsp3) is 0.615. The summed E-state index contributed by atoms with van der Waals surface area (Å²) in [6, 6.07) is 1.53. The molecule has 1 fully saturated rings. The Hall–Kier alpha value is -1.33. The molecule has 1 aromatic heterocycles. The molecule has 5 heteroatoms. The molecule has 18 heavy (non-hydrogen) atoms. The van der Waals surface area contributed by atoms with Gasteiger partial charge in [0, 0.05) is 57.7 Å². The Morgan fingerprint density at radius 3 is 2.44 bits per heavy atom. The number of hydrogen-bond donors (Lipinski definition) is 1. The first-order valence-electron chi connectivity index (χ1n) is 6.43. The highest BCUT2D eigenvalue weighted by atomic mass is 16.3. The summed E-state index contributed by atoms with van der Waals surface area (Å²) in [5.74, 6) is -0.183. The maximum Gasteiger partial charge on any atom is 0.223 e. The molecule has 0 bridgehead atoms. The van der Waals surface area contributed by atoms with E-state index >= 15 is 0 Å². The number of aryl methyl sites for hydroxylation is 1. The van der Waals surface area contributed by atoms with Crippen LogP contribution in [0.5, 0.6) is 5.75 Å². The first-order chi connectivity index (χ1) is 8.60. The lowest BCUT2D eigenvalue weighted by Crippen LogP contribution is -2.45. The summed E-state index contributed by atoms with van der Waals surface area (Å²) in [4.78, 5) is 16.2. The van der Waals surface area contributed by atoms with Gasteiger partial charge >= 0.3 is 0 Å². The molecule has 100 valence electrons. The monoisotopic (exact) mass is 251 g/mol. The van der Waals surface area contributed by atoms with Crippen molar-refractivity contribution < 1.29 is 5.11 Å². The molecular formula is C13H21N3O2. The van der Waals surface area contributed by atoms with Gasteiger partial charge in [-0.15, -0.1) is 0 Å². The van der Waals surface area contributed by atoms with Crippen LogP contribution in [0, 0.1) is 0 Å². The second kappa shape index (κ2) is 5.54. The van der Waals surface area contributed by atoms with Crippen molar-refractivity contribution in [2.24, 2.45) is 7.05 Å². The van der Waals surface area contributed by atoms with Gasteiger partial charge in [0.15, 0.2) is 5.75 Å². The van der Waals surface area contributed by atoms with E-state index in [9.17, 15) is 9.90 Å². The molecule has 1 aromatic rings. The minimum Gasteiger partial charge on any atom is -0.503 e. The van der Waals surface area contributed by atoms with Gasteiger partial charge in [0.1, 0.15) is 0 Å². The fourth-order valence-electron chi connectivity index (χ4n) is 2.31. The van der Waals surface area contributed by atoms with E-state index in [2.05, 4.69) is 16.7 Å². The SMILES string of the molecule is CCN1CCN(Cc2cc(=O)c(O)cn2C)CC1. The smallest absolute Gasteiger partial charge is 0.223 e. The third-order valence-corrected chi connectivity index (χ3v) is 3.62. The van der Waals surface area contributed by atoms with Gasteiger partial charge in [-0.25, -0.2) is 0 Å². The van der Waals surface area contributed by atoms with E-state index in [1.807, 2.05) is 11.6 Å². The van der Waals surface area contributed by atoms with Gasteiger partial charge in [-0.05, 0) is 6.54 Å². The Labute approximate surface area is 107 Å². The van der Waals surface area contributed by atoms with Gasteiger partial charge in [0.2, 0.25) is 5.43 Å². The van der Waals surface area contributed by atoms with Crippen LogP contribution in [0.3, 0.4) is 0 Å². The summed E-state index contributed by atoms with van der Waals surface area (Å²) < 4.78 is 1.82. The lowest BCUT2D eigenvalue weighted by Gasteiger charge is -2.34. The van der Waals surface area contributed by atoms with Gasteiger partial charge in [0.05, 0.1) is 0 Å². The lowest BCUT2D eigenvalue weighted by molar-refractivity contribution is 0.129. The van der Waals surface area contributed by atoms with E-state index in [0.717, 1.165) is 45.0 Å². The lowest BCUT2D eigenvalue weighted by atomic mass is 10.2. The molecule has 0 unspecified atom stereocenters. The van der Waals surface area contributed by atoms with E-state index in [1.54, 1.807) is 0 Å². The molecule has 1 N–H and O–H groups in total. The molecular weight excluding hydrogens is 230 g/mol. The molecule has 0 radical (unpaired) electrons. The minimum absolute atomic E-state index is 0.183. The van der Waals surface area contributed by atoms with Gasteiger partial charge in [-0.1, -0.05) is 6.92 Å². The molecule has 0 spiro atoms. The van der Waals surface area contributed by atoms with Crippen molar-refractivity contribution in [3.63, 3.8) is 0 Å². The molecule has 2 heterocycles. The van der Waals surface area contributed by atoms with Crippen molar-refractivity contribution in [1.29, 1.82) is 0 Å². The molecule has 0 aromatic carbocycles. The van der Waals surface area contributed by atoms with E-state index in [-0.39, 0.29) is 11.2 Å². The fourth-order valence-corrected chi connectivity index (χ4v) is 2.31. The molecule has 5 nitrogen and oxygen atoms in total. The van der Waals surface area contributed by atoms with Crippen molar-refractivity contribution in [3.05, 3.63) is 28.2 Å². The Bertz CT molecular complexity index is 462. The number of aromatic hydroxyl groups is 1. The average molecular weight is 251 g/mol. The zero-order valence-corrected chi connectivity index (χ0v) is 11.1. The third kappa shape index (κ3) is 2.91. The summed E-state index contributed by atoms with van der Waals surface area (Å²) >= 11 is 0. The number of rotatable bonds is 3. The largest absolute Gasteiger partial charge is 0.503 e. The Kier molecular flexibility index (Phi) is 4.04. The van der Waals surface area contributed by atoms with Crippen LogP contribution >= 0.6 is 0 Å². The van der Waals surface area contributed by atoms with Crippen LogP contribution in [0.15, 0.2) is 17.1 Å². The van der Waals surface area contributed by atoms with Crippen LogP contribution < -0.4 is 5.43 Å². The van der Waals surface area contributed by atoms with Crippen LogP contribution in [0.4, 0.5) is 0 Å². The standard InChI is InChI=1S/C13H21N3O2/c1-3-15-4-6-16(7-5-15)9-11-8-12(17)13(18)10-14(11)2/h8,10,18H,3-7,9H2,1-2H3. The summed E-state index contributed by atoms with van der Waals surface area (Å²) in [6.45, 7) is 8.28. The van der Waals surface area contributed by atoms with E-state index in [4.69, 9.17) is 0 Å². The molecule has 1 aliphatic rings. The zero-order chi connectivity index (χ0) is 13.1. The van der Waals surface area contributed by atoms with Gasteiger partial charge < -0.3 is 14.6 Å². The van der Waals surface area contributed by atoms with Gasteiger partial charge in [-0.2, -0.15) is 0 Å². The zero-order valence-electron chi connectivity index (χ0n) is 11.1. The minimum atomic E-state index is -0.296. The van der Waals surface area contributed by atoms with Crippen molar-refractivity contribution in [2.45, 2.75) is 13.5 Å². The normalized spacial score (nSPS) is 18.1. The second-order valence-corrected chi connectivity index (χ2v) is 4.84. The predicted molar refractivity (Wildman–Crippen MR) is 70.7 cm³/mol. The average Bonchev–Trinajstić information content (AvgIpc) is 2.37. The number of nitrogens with zero attached hydrogens (tertiary/aromatic N) is 3. The van der Waals surface area contributed by atoms with Crippen molar-refractivity contribution in [3.8, 4) is 5.75 Å². The Balaban J connectivity index is 2.02. The van der Waals surface area contributed by atoms with Crippen LogP contribution in [0.1, 0.15) is 12.6 Å². The third-order valence-electron chi connectivity index (χ3n) is 3.62. The first-order valence-corrected chi connectivity index (χ1v) is 6.43. The van der Waals surface area contributed by atoms with Crippen LogP contribution in [0.25, 0.3) is 0 Å². The summed E-state index contributed by atoms with van der Waals surface area (Å²) in [7, 11) is 1.86. The van der Waals surface area contributed by atoms with E-state index < -0.39 is 0 Å². The molecule has 0 amide bonds. The van der Waals surface area contributed by atoms with Gasteiger partial charge in [-0.3, -0.25) is 9.69 Å². The number of piperazine rings is 1. The summed E-state index contributed by atoms with van der Waals surface area (Å²) in [5, 5.41) is 9.34. The molecule has 1 saturated heterocycles. The Morgan fingerprint density at radius 1 is 1.22 bits per heavy atom. The number of aromatic nitrogens is 1.